The third-order valence-electron chi connectivity index (χ3n) is 6.74. The molecule has 274 valence electrons. The standard InChI is InChI=1S/C36H34F6O9/c1-3-30(43)48-21-7-5-19-46-26-13-9-24(10-14-26)23-50-28-17-18-29(33(36(40,41)42)32(28)35(37,38)39)51-34(45)25-11-15-27(16-12-25)47-20-6-8-22-49-31(44)4-2/h3-4,9-18H,1-2,5-8,19-23H2. The molecule has 0 unspecified atom stereocenters. The zero-order valence-electron chi connectivity index (χ0n) is 27.1. The van der Waals surface area contributed by atoms with Gasteiger partial charge < -0.3 is 28.4 Å². The molecule has 3 aromatic rings. The highest BCUT2D eigenvalue weighted by molar-refractivity contribution is 5.91. The Kier molecular flexibility index (Phi) is 14.9. The van der Waals surface area contributed by atoms with Crippen molar-refractivity contribution in [3.63, 3.8) is 0 Å². The predicted octanol–water partition coefficient (Wildman–Crippen LogP) is 8.30. The minimum absolute atomic E-state index is 0.161. The van der Waals surface area contributed by atoms with E-state index >= 15 is 0 Å². The lowest BCUT2D eigenvalue weighted by Gasteiger charge is -2.22. The zero-order valence-corrected chi connectivity index (χ0v) is 27.1. The van der Waals surface area contributed by atoms with Crippen LogP contribution in [0, 0.1) is 0 Å². The van der Waals surface area contributed by atoms with Gasteiger partial charge in [0.2, 0.25) is 0 Å². The fourth-order valence-corrected chi connectivity index (χ4v) is 4.27. The molecule has 0 aromatic heterocycles. The number of hydrogen-bond donors (Lipinski definition) is 0. The molecule has 0 amide bonds. The van der Waals surface area contributed by atoms with Crippen LogP contribution < -0.4 is 18.9 Å². The number of ether oxygens (including phenoxy) is 6. The number of alkyl halides is 6. The van der Waals surface area contributed by atoms with Gasteiger partial charge in [0.05, 0.1) is 32.0 Å². The van der Waals surface area contributed by atoms with Crippen LogP contribution in [0.2, 0.25) is 0 Å². The van der Waals surface area contributed by atoms with Crippen molar-refractivity contribution in [3.05, 3.63) is 108 Å². The van der Waals surface area contributed by atoms with E-state index in [-0.39, 0.29) is 32.0 Å². The monoisotopic (exact) mass is 724 g/mol. The normalized spacial score (nSPS) is 11.3. The third kappa shape index (κ3) is 13.1. The summed E-state index contributed by atoms with van der Waals surface area (Å²) in [5.74, 6) is -4.18. The van der Waals surface area contributed by atoms with Crippen molar-refractivity contribution < 1.29 is 69.1 Å². The van der Waals surface area contributed by atoms with Gasteiger partial charge in [-0.2, -0.15) is 26.3 Å². The van der Waals surface area contributed by atoms with Crippen LogP contribution in [0.15, 0.2) is 86.0 Å². The first-order valence-electron chi connectivity index (χ1n) is 15.4. The Balaban J connectivity index is 1.65. The highest BCUT2D eigenvalue weighted by atomic mass is 19.4. The van der Waals surface area contributed by atoms with Crippen molar-refractivity contribution in [2.45, 2.75) is 44.6 Å². The Bertz CT molecular complexity index is 1630. The number of esters is 3. The molecule has 0 atom stereocenters. The summed E-state index contributed by atoms with van der Waals surface area (Å²) < 4.78 is 116. The highest BCUT2D eigenvalue weighted by Crippen LogP contribution is 2.49. The fraction of sp³-hybridized carbons (Fsp3) is 0.306. The molecule has 0 aliphatic rings. The van der Waals surface area contributed by atoms with E-state index in [1.807, 2.05) is 0 Å². The fourth-order valence-electron chi connectivity index (χ4n) is 4.27. The van der Waals surface area contributed by atoms with E-state index in [1.165, 1.54) is 48.5 Å². The molecule has 0 aliphatic heterocycles. The number of halogens is 6. The molecule has 3 aromatic carbocycles. The smallest absolute Gasteiger partial charge is 0.420 e. The topological polar surface area (TPSA) is 107 Å². The van der Waals surface area contributed by atoms with Gasteiger partial charge in [-0.3, -0.25) is 0 Å². The van der Waals surface area contributed by atoms with Crippen LogP contribution in [0.5, 0.6) is 23.0 Å². The van der Waals surface area contributed by atoms with Gasteiger partial charge >= 0.3 is 30.3 Å². The third-order valence-corrected chi connectivity index (χ3v) is 6.74. The van der Waals surface area contributed by atoms with Crippen LogP contribution in [0.25, 0.3) is 0 Å². The number of rotatable bonds is 19. The maximum absolute atomic E-state index is 14.2. The van der Waals surface area contributed by atoms with E-state index in [0.717, 1.165) is 12.2 Å². The highest BCUT2D eigenvalue weighted by Gasteiger charge is 2.48. The minimum Gasteiger partial charge on any atom is -0.494 e. The molecular weight excluding hydrogens is 690 g/mol. The lowest BCUT2D eigenvalue weighted by molar-refractivity contribution is -0.163. The molecular formula is C36H34F6O9. The van der Waals surface area contributed by atoms with Gasteiger partial charge in [0.1, 0.15) is 40.7 Å². The lowest BCUT2D eigenvalue weighted by atomic mass is 10.0. The summed E-state index contributed by atoms with van der Waals surface area (Å²) in [5.41, 5.74) is -4.29. The van der Waals surface area contributed by atoms with Crippen LogP contribution >= 0.6 is 0 Å². The number of carbonyl (C=O) groups excluding carboxylic acids is 3. The Morgan fingerprint density at radius 3 is 1.47 bits per heavy atom. The van der Waals surface area contributed by atoms with Crippen LogP contribution in [0.1, 0.15) is 52.7 Å². The van der Waals surface area contributed by atoms with Crippen LogP contribution in [-0.2, 0) is 38.0 Å². The molecule has 0 N–H and O–H groups in total. The van der Waals surface area contributed by atoms with Crippen LogP contribution in [0.4, 0.5) is 26.3 Å². The second-order valence-electron chi connectivity index (χ2n) is 10.5. The van der Waals surface area contributed by atoms with Crippen molar-refractivity contribution in [1.29, 1.82) is 0 Å². The maximum atomic E-state index is 14.2. The summed E-state index contributed by atoms with van der Waals surface area (Å²) in [5, 5.41) is 0. The van der Waals surface area contributed by atoms with Crippen LogP contribution in [0.3, 0.4) is 0 Å². The van der Waals surface area contributed by atoms with E-state index in [1.54, 1.807) is 0 Å². The SMILES string of the molecule is C=CC(=O)OCCCCOc1ccc(COc2ccc(OC(=O)c3ccc(OCCCCOC(=O)C=C)cc3)c(C(F)(F)F)c2C(F)(F)F)cc1. The Morgan fingerprint density at radius 1 is 0.569 bits per heavy atom. The zero-order chi connectivity index (χ0) is 37.4. The number of carbonyl (C=O) groups is 3. The van der Waals surface area contributed by atoms with Gasteiger partial charge in [0.25, 0.3) is 0 Å². The predicted molar refractivity (Wildman–Crippen MR) is 170 cm³/mol. The number of hydrogen-bond acceptors (Lipinski definition) is 9. The Hall–Kier alpha value is -5.47. The average Bonchev–Trinajstić information content (AvgIpc) is 3.09. The Labute approximate surface area is 289 Å². The van der Waals surface area contributed by atoms with Crippen molar-refractivity contribution in [2.75, 3.05) is 26.4 Å². The molecule has 3 rings (SSSR count). The molecule has 0 fully saturated rings. The van der Waals surface area contributed by atoms with Crippen molar-refractivity contribution in [2.24, 2.45) is 0 Å². The van der Waals surface area contributed by atoms with Crippen molar-refractivity contribution >= 4 is 17.9 Å². The molecule has 0 saturated carbocycles. The first kappa shape index (κ1) is 40.0. The second-order valence-corrected chi connectivity index (χ2v) is 10.5. The molecule has 0 bridgehead atoms. The molecule has 0 aliphatic carbocycles. The first-order chi connectivity index (χ1) is 24.2. The van der Waals surface area contributed by atoms with Gasteiger partial charge in [0, 0.05) is 12.2 Å². The molecule has 51 heavy (non-hydrogen) atoms. The van der Waals surface area contributed by atoms with Crippen LogP contribution in [-0.4, -0.2) is 44.3 Å². The molecule has 15 heteroatoms. The molecule has 9 nitrogen and oxygen atoms in total. The van der Waals surface area contributed by atoms with Gasteiger partial charge in [-0.25, -0.2) is 14.4 Å². The summed E-state index contributed by atoms with van der Waals surface area (Å²) in [6.07, 6.45) is -6.95. The van der Waals surface area contributed by atoms with Crippen molar-refractivity contribution in [3.8, 4) is 23.0 Å². The number of unbranched alkanes of at least 4 members (excludes halogenated alkanes) is 2. The first-order valence-corrected chi connectivity index (χ1v) is 15.4. The number of benzene rings is 3. The average molecular weight is 725 g/mol. The summed E-state index contributed by atoms with van der Waals surface area (Å²) in [6.45, 7) is 6.90. The summed E-state index contributed by atoms with van der Waals surface area (Å²) >= 11 is 0. The van der Waals surface area contributed by atoms with E-state index in [4.69, 9.17) is 28.4 Å². The summed E-state index contributed by atoms with van der Waals surface area (Å²) in [6, 6.07) is 12.2. The maximum Gasteiger partial charge on any atom is 0.420 e. The minimum atomic E-state index is -5.59. The van der Waals surface area contributed by atoms with Gasteiger partial charge in [0.15, 0.2) is 0 Å². The van der Waals surface area contributed by atoms with E-state index < -0.39 is 59.5 Å². The van der Waals surface area contributed by atoms with Gasteiger partial charge in [-0.1, -0.05) is 25.3 Å². The van der Waals surface area contributed by atoms with E-state index in [0.29, 0.717) is 54.9 Å². The largest absolute Gasteiger partial charge is 0.494 e. The summed E-state index contributed by atoms with van der Waals surface area (Å²) in [4.78, 5) is 34.8. The molecule has 0 heterocycles. The molecule has 0 saturated heterocycles. The molecule has 0 spiro atoms. The van der Waals surface area contributed by atoms with E-state index in [2.05, 4.69) is 13.2 Å². The summed E-state index contributed by atoms with van der Waals surface area (Å²) in [7, 11) is 0. The van der Waals surface area contributed by atoms with Crippen molar-refractivity contribution in [1.82, 2.24) is 0 Å². The second kappa shape index (κ2) is 19.1. The quantitative estimate of drug-likeness (QED) is 0.0397. The van der Waals surface area contributed by atoms with E-state index in [9.17, 15) is 40.7 Å². The lowest BCUT2D eigenvalue weighted by Crippen LogP contribution is -2.21. The van der Waals surface area contributed by atoms with Gasteiger partial charge in [-0.15, -0.1) is 0 Å². The Morgan fingerprint density at radius 2 is 1.00 bits per heavy atom. The molecule has 0 radical (unpaired) electrons. The van der Waals surface area contributed by atoms with Gasteiger partial charge in [-0.05, 0) is 79.8 Å².